The van der Waals surface area contributed by atoms with Gasteiger partial charge in [0.25, 0.3) is 0 Å². The molecule has 6 heteroatoms. The first-order chi connectivity index (χ1) is 11.4. The first-order valence-electron chi connectivity index (χ1n) is 7.39. The molecule has 0 aliphatic heterocycles. The molecule has 0 unspecified atom stereocenters. The van der Waals surface area contributed by atoms with Gasteiger partial charge in [-0.05, 0) is 42.8 Å². The summed E-state index contributed by atoms with van der Waals surface area (Å²) < 4.78 is 18.5. The second-order valence-electron chi connectivity index (χ2n) is 5.34. The monoisotopic (exact) mass is 330 g/mol. The van der Waals surface area contributed by atoms with Crippen LogP contribution in [0.15, 0.2) is 42.5 Å². The molecule has 2 aromatic rings. The van der Waals surface area contributed by atoms with Crippen LogP contribution in [0.5, 0.6) is 5.75 Å². The van der Waals surface area contributed by atoms with E-state index in [1.54, 1.807) is 18.2 Å². The van der Waals surface area contributed by atoms with Gasteiger partial charge in [0, 0.05) is 12.6 Å². The molecule has 0 spiro atoms. The van der Waals surface area contributed by atoms with Crippen molar-refractivity contribution in [2.24, 2.45) is 0 Å². The average Bonchev–Trinajstić information content (AvgIpc) is 2.52. The summed E-state index contributed by atoms with van der Waals surface area (Å²) in [5.74, 6) is -0.682. The van der Waals surface area contributed by atoms with Crippen molar-refractivity contribution >= 4 is 23.2 Å². The standard InChI is InChI=1S/C18H19FN2O3/c1-12-7-8-17(24-3)16(9-12)21(13(2)22)11-18(23)20-15-6-4-5-14(19)10-15/h4-10H,11H2,1-3H3,(H,20,23). The average molecular weight is 330 g/mol. The van der Waals surface area contributed by atoms with Crippen LogP contribution in [0.4, 0.5) is 15.8 Å². The second-order valence-corrected chi connectivity index (χ2v) is 5.34. The zero-order valence-electron chi connectivity index (χ0n) is 13.8. The van der Waals surface area contributed by atoms with Gasteiger partial charge in [0.1, 0.15) is 18.1 Å². The van der Waals surface area contributed by atoms with Crippen molar-refractivity contribution in [2.45, 2.75) is 13.8 Å². The van der Waals surface area contributed by atoms with Crippen molar-refractivity contribution in [1.29, 1.82) is 0 Å². The highest BCUT2D eigenvalue weighted by atomic mass is 19.1. The molecule has 2 aromatic carbocycles. The van der Waals surface area contributed by atoms with E-state index >= 15 is 0 Å². The molecular weight excluding hydrogens is 311 g/mol. The van der Waals surface area contributed by atoms with Gasteiger partial charge in [0.15, 0.2) is 0 Å². The molecule has 2 rings (SSSR count). The molecule has 5 nitrogen and oxygen atoms in total. The number of hydrogen-bond acceptors (Lipinski definition) is 3. The third-order valence-corrected chi connectivity index (χ3v) is 3.42. The van der Waals surface area contributed by atoms with Gasteiger partial charge in [0.05, 0.1) is 12.8 Å². The summed E-state index contributed by atoms with van der Waals surface area (Å²) in [5.41, 5.74) is 1.78. The van der Waals surface area contributed by atoms with Crippen LogP contribution in [0.1, 0.15) is 12.5 Å². The Labute approximate surface area is 140 Å². The maximum Gasteiger partial charge on any atom is 0.244 e. The minimum atomic E-state index is -0.448. The zero-order valence-corrected chi connectivity index (χ0v) is 13.8. The summed E-state index contributed by atoms with van der Waals surface area (Å²) in [5, 5.41) is 2.58. The first-order valence-corrected chi connectivity index (χ1v) is 7.39. The van der Waals surface area contributed by atoms with Crippen LogP contribution in [0.25, 0.3) is 0 Å². The minimum absolute atomic E-state index is 0.203. The summed E-state index contributed by atoms with van der Waals surface area (Å²) in [6.45, 7) is 3.05. The van der Waals surface area contributed by atoms with Gasteiger partial charge in [-0.15, -0.1) is 0 Å². The van der Waals surface area contributed by atoms with Gasteiger partial charge < -0.3 is 10.1 Å². The fourth-order valence-corrected chi connectivity index (χ4v) is 2.29. The summed E-state index contributed by atoms with van der Waals surface area (Å²) in [4.78, 5) is 25.5. The maximum absolute atomic E-state index is 13.2. The van der Waals surface area contributed by atoms with Gasteiger partial charge in [-0.2, -0.15) is 0 Å². The Balaban J connectivity index is 2.21. The number of nitrogens with one attached hydrogen (secondary N) is 1. The Kier molecular flexibility index (Phi) is 5.52. The molecule has 0 aliphatic rings. The fourth-order valence-electron chi connectivity index (χ4n) is 2.29. The highest BCUT2D eigenvalue weighted by Crippen LogP contribution is 2.29. The third-order valence-electron chi connectivity index (χ3n) is 3.42. The normalized spacial score (nSPS) is 10.2. The molecule has 0 saturated carbocycles. The topological polar surface area (TPSA) is 58.6 Å². The van der Waals surface area contributed by atoms with Crippen molar-refractivity contribution in [3.8, 4) is 5.75 Å². The number of amides is 2. The largest absolute Gasteiger partial charge is 0.495 e. The van der Waals surface area contributed by atoms with Crippen LogP contribution in [-0.2, 0) is 9.59 Å². The van der Waals surface area contributed by atoms with Crippen molar-refractivity contribution < 1.29 is 18.7 Å². The predicted molar refractivity (Wildman–Crippen MR) is 90.8 cm³/mol. The lowest BCUT2D eigenvalue weighted by atomic mass is 10.2. The number of ether oxygens (including phenoxy) is 1. The van der Waals surface area contributed by atoms with E-state index < -0.39 is 11.7 Å². The van der Waals surface area contributed by atoms with Crippen LogP contribution in [0, 0.1) is 12.7 Å². The number of halogens is 1. The molecule has 0 atom stereocenters. The highest BCUT2D eigenvalue weighted by Gasteiger charge is 2.19. The molecule has 0 fully saturated rings. The van der Waals surface area contributed by atoms with Crippen molar-refractivity contribution in [1.82, 2.24) is 0 Å². The number of benzene rings is 2. The molecule has 0 radical (unpaired) electrons. The van der Waals surface area contributed by atoms with E-state index in [9.17, 15) is 14.0 Å². The molecular formula is C18H19FN2O3. The van der Waals surface area contributed by atoms with Crippen LogP contribution in [0.2, 0.25) is 0 Å². The molecule has 0 heterocycles. The van der Waals surface area contributed by atoms with Crippen LogP contribution in [-0.4, -0.2) is 25.5 Å². The van der Waals surface area contributed by atoms with Gasteiger partial charge >= 0.3 is 0 Å². The van der Waals surface area contributed by atoms with E-state index in [0.717, 1.165) is 5.56 Å². The number of aryl methyl sites for hydroxylation is 1. The molecule has 0 saturated heterocycles. The number of rotatable bonds is 5. The smallest absolute Gasteiger partial charge is 0.244 e. The lowest BCUT2D eigenvalue weighted by molar-refractivity contribution is -0.120. The highest BCUT2D eigenvalue weighted by molar-refractivity contribution is 6.02. The summed E-state index contributed by atoms with van der Waals surface area (Å²) >= 11 is 0. The Bertz CT molecular complexity index is 762. The van der Waals surface area contributed by atoms with E-state index in [4.69, 9.17) is 4.74 Å². The Morgan fingerprint density at radius 1 is 1.21 bits per heavy atom. The molecule has 0 aliphatic carbocycles. The SMILES string of the molecule is COc1ccc(C)cc1N(CC(=O)Nc1cccc(F)c1)C(C)=O. The van der Waals surface area contributed by atoms with E-state index in [0.29, 0.717) is 17.1 Å². The first kappa shape index (κ1) is 17.5. The van der Waals surface area contributed by atoms with Crippen LogP contribution < -0.4 is 15.0 Å². The van der Waals surface area contributed by atoms with Gasteiger partial charge in [-0.1, -0.05) is 12.1 Å². The number of carbonyl (C=O) groups excluding carboxylic acids is 2. The van der Waals surface area contributed by atoms with E-state index in [-0.39, 0.29) is 12.5 Å². The molecule has 0 bridgehead atoms. The maximum atomic E-state index is 13.2. The van der Waals surface area contributed by atoms with Crippen molar-refractivity contribution in [2.75, 3.05) is 23.9 Å². The number of anilines is 2. The predicted octanol–water partition coefficient (Wildman–Crippen LogP) is 3.13. The van der Waals surface area contributed by atoms with Crippen LogP contribution >= 0.6 is 0 Å². The molecule has 126 valence electrons. The van der Waals surface area contributed by atoms with Gasteiger partial charge in [0.2, 0.25) is 11.8 Å². The van der Waals surface area contributed by atoms with Gasteiger partial charge in [-0.25, -0.2) is 4.39 Å². The van der Waals surface area contributed by atoms with E-state index in [1.807, 2.05) is 13.0 Å². The van der Waals surface area contributed by atoms with E-state index in [1.165, 1.54) is 37.1 Å². The number of hydrogen-bond donors (Lipinski definition) is 1. The van der Waals surface area contributed by atoms with Crippen molar-refractivity contribution in [3.63, 3.8) is 0 Å². The quantitative estimate of drug-likeness (QED) is 0.916. The second kappa shape index (κ2) is 7.59. The lowest BCUT2D eigenvalue weighted by Gasteiger charge is -2.23. The number of nitrogens with zero attached hydrogens (tertiary/aromatic N) is 1. The Morgan fingerprint density at radius 2 is 1.96 bits per heavy atom. The van der Waals surface area contributed by atoms with E-state index in [2.05, 4.69) is 5.32 Å². The Hall–Kier alpha value is -2.89. The summed E-state index contributed by atoms with van der Waals surface area (Å²) in [7, 11) is 1.50. The molecule has 2 amide bonds. The molecule has 24 heavy (non-hydrogen) atoms. The lowest BCUT2D eigenvalue weighted by Crippen LogP contribution is -2.37. The molecule has 0 aromatic heterocycles. The van der Waals surface area contributed by atoms with Gasteiger partial charge in [-0.3, -0.25) is 14.5 Å². The Morgan fingerprint density at radius 3 is 2.58 bits per heavy atom. The number of methoxy groups -OCH3 is 1. The number of carbonyl (C=O) groups is 2. The van der Waals surface area contributed by atoms with Crippen LogP contribution in [0.3, 0.4) is 0 Å². The zero-order chi connectivity index (χ0) is 17.7. The molecule has 1 N–H and O–H groups in total. The minimum Gasteiger partial charge on any atom is -0.495 e. The third kappa shape index (κ3) is 4.32. The fraction of sp³-hybridized carbons (Fsp3) is 0.222. The summed E-state index contributed by atoms with van der Waals surface area (Å²) in [6, 6.07) is 10.9. The van der Waals surface area contributed by atoms with Crippen molar-refractivity contribution in [3.05, 3.63) is 53.8 Å². The summed E-state index contributed by atoms with van der Waals surface area (Å²) in [6.07, 6.45) is 0.